The molecule has 1 saturated heterocycles. The van der Waals surface area contributed by atoms with Crippen LogP contribution in [0.3, 0.4) is 0 Å². The van der Waals surface area contributed by atoms with E-state index in [2.05, 4.69) is 42.5 Å². The summed E-state index contributed by atoms with van der Waals surface area (Å²) >= 11 is 6.48. The minimum Gasteiger partial charge on any atom is -0.477 e. The van der Waals surface area contributed by atoms with Crippen molar-refractivity contribution in [2.75, 3.05) is 45.8 Å². The van der Waals surface area contributed by atoms with E-state index < -0.39 is 120 Å². The van der Waals surface area contributed by atoms with Crippen LogP contribution in [0.15, 0.2) is 36.0 Å². The minimum atomic E-state index is -1.57. The second kappa shape index (κ2) is 34.1. The predicted molar refractivity (Wildman–Crippen MR) is 274 cm³/mol. The van der Waals surface area contributed by atoms with Gasteiger partial charge in [0, 0.05) is 31.1 Å². The van der Waals surface area contributed by atoms with E-state index in [1.54, 1.807) is 24.3 Å². The molecule has 414 valence electrons. The van der Waals surface area contributed by atoms with Crippen molar-refractivity contribution < 1.29 is 53.4 Å². The summed E-state index contributed by atoms with van der Waals surface area (Å²) in [5, 5.41) is 47.7. The fourth-order valence-corrected chi connectivity index (χ4v) is 7.83. The molecule has 8 amide bonds. The molecule has 0 spiro atoms. The zero-order valence-corrected chi connectivity index (χ0v) is 42.6. The van der Waals surface area contributed by atoms with Gasteiger partial charge in [0.25, 0.3) is 0 Å². The van der Waals surface area contributed by atoms with Crippen molar-refractivity contribution in [3.63, 3.8) is 0 Å². The Morgan fingerprint density at radius 2 is 1.43 bits per heavy atom. The Bertz CT molecular complexity index is 2100. The summed E-state index contributed by atoms with van der Waals surface area (Å²) in [5.41, 5.74) is 33.7. The molecule has 0 saturated carbocycles. The number of guanidine groups is 1. The van der Waals surface area contributed by atoms with Crippen molar-refractivity contribution in [2.45, 2.75) is 132 Å². The van der Waals surface area contributed by atoms with E-state index >= 15 is 0 Å². The number of carboxylic acid groups (broad SMARTS) is 1. The van der Waals surface area contributed by atoms with Crippen molar-refractivity contribution >= 4 is 70.8 Å². The van der Waals surface area contributed by atoms with E-state index in [1.165, 1.54) is 17.9 Å². The van der Waals surface area contributed by atoms with Crippen LogP contribution in [-0.2, 0) is 49.6 Å². The van der Waals surface area contributed by atoms with Gasteiger partial charge in [-0.3, -0.25) is 43.8 Å². The molecule has 1 aromatic rings. The number of likely N-dealkylation sites (tertiary alicyclic amines) is 1. The highest BCUT2D eigenvalue weighted by molar-refractivity contribution is 6.31. The number of carboxylic acids is 1. The number of rotatable bonds is 34. The third-order valence-electron chi connectivity index (χ3n) is 11.7. The number of carbonyl (C=O) groups is 9. The van der Waals surface area contributed by atoms with Crippen LogP contribution in [0.2, 0.25) is 5.02 Å². The van der Waals surface area contributed by atoms with Crippen molar-refractivity contribution in [3.05, 3.63) is 46.6 Å². The maximum atomic E-state index is 14.2. The first-order valence-electron chi connectivity index (χ1n) is 24.6. The van der Waals surface area contributed by atoms with Gasteiger partial charge in [0.05, 0.1) is 18.7 Å². The Kier molecular flexibility index (Phi) is 29.3. The van der Waals surface area contributed by atoms with E-state index in [0.29, 0.717) is 44.2 Å². The predicted octanol–water partition coefficient (Wildman–Crippen LogP) is -4.96. The summed E-state index contributed by atoms with van der Waals surface area (Å²) in [4.78, 5) is 122. The van der Waals surface area contributed by atoms with Crippen molar-refractivity contribution in [1.82, 2.24) is 47.4 Å². The number of nitrogens with zero attached hydrogens (tertiary/aromatic N) is 1. The molecule has 28 heteroatoms. The van der Waals surface area contributed by atoms with Crippen LogP contribution in [0.25, 0.3) is 0 Å². The highest BCUT2D eigenvalue weighted by atomic mass is 35.5. The molecule has 0 bridgehead atoms. The SMILES string of the molecule is C[C@H](NC(=O)[C@@H](NC(=O)[C@@H](N)CCCCN)[C@@H](O)CN)C(=O)NCC(=O)N[C@H](CCCN)C(=O)N1CCC[C@H]1C(=O)NC(Cc1ccccc1Cl)C(=O)N[C@@H](CCCCN)C(=O)N/C(=C\CCNC(=N)N)C(=O)O. The van der Waals surface area contributed by atoms with Crippen LogP contribution in [0.5, 0.6) is 0 Å². The molecule has 2 rings (SSSR count). The number of amides is 8. The van der Waals surface area contributed by atoms with E-state index in [1.807, 2.05) is 0 Å². The second-order valence-corrected chi connectivity index (χ2v) is 18.0. The monoisotopic (exact) mass is 1060 g/mol. The molecular formula is C46H77ClN16O11. The van der Waals surface area contributed by atoms with Crippen LogP contribution in [0.4, 0.5) is 0 Å². The van der Waals surface area contributed by atoms with Gasteiger partial charge < -0.3 is 92.0 Å². The first-order valence-corrected chi connectivity index (χ1v) is 25.0. The molecule has 27 nitrogen and oxygen atoms in total. The normalized spacial score (nSPS) is 16.2. The van der Waals surface area contributed by atoms with Gasteiger partial charge in [-0.25, -0.2) is 4.79 Å². The Morgan fingerprint density at radius 1 is 0.784 bits per heavy atom. The zero-order valence-electron chi connectivity index (χ0n) is 41.8. The molecule has 1 aliphatic heterocycles. The van der Waals surface area contributed by atoms with Crippen LogP contribution in [0, 0.1) is 5.41 Å². The number of benzene rings is 1. The summed E-state index contributed by atoms with van der Waals surface area (Å²) in [6, 6.07) is -2.35. The number of aliphatic carboxylic acids is 1. The number of halogens is 1. The summed E-state index contributed by atoms with van der Waals surface area (Å²) in [6.45, 7) is 1.21. The van der Waals surface area contributed by atoms with Crippen LogP contribution in [-0.4, -0.2) is 169 Å². The molecule has 0 aromatic heterocycles. The lowest BCUT2D eigenvalue weighted by Crippen LogP contribution is -2.60. The largest absolute Gasteiger partial charge is 0.477 e. The standard InChI is InChI=1S/C46H77ClN16O11/c1-26(57-43(71)37(35(64)24-51)62-39(67)29(52)13-4-6-18-48)38(66)56-25-36(65)58-31(15-8-20-50)44(72)63-22-10-17-34(63)42(70)61-33(23-27-11-2-3-12-28(27)47)41(69)59-30(14-5-7-19-49)40(68)60-32(45(73)74)16-9-21-55-46(53)54/h2-3,11-12,16,26,29-31,33-35,37,64H,4-10,13-15,17-25,48-52H2,1H3,(H,56,66)(H,57,71)(H,58,65)(H,59,69)(H,60,68)(H,61,70)(H,62,67)(H,73,74)(H4,53,54,55)/b32-16-/t26-,29-,30-,31+,33?,34-,35-,37-/m0/s1. The third kappa shape index (κ3) is 22.3. The molecule has 1 heterocycles. The van der Waals surface area contributed by atoms with Crippen molar-refractivity contribution in [3.8, 4) is 0 Å². The van der Waals surface area contributed by atoms with Gasteiger partial charge >= 0.3 is 5.97 Å². The Balaban J connectivity index is 2.25. The quantitative estimate of drug-likeness (QED) is 0.0133. The number of carbonyl (C=O) groups excluding carboxylic acids is 8. The number of unbranched alkanes of at least 4 members (excludes halogenated alkanes) is 2. The molecule has 0 aliphatic carbocycles. The second-order valence-electron chi connectivity index (χ2n) is 17.6. The fourth-order valence-electron chi connectivity index (χ4n) is 7.62. The van der Waals surface area contributed by atoms with E-state index in [-0.39, 0.29) is 82.1 Å². The van der Waals surface area contributed by atoms with Gasteiger partial charge in [0.2, 0.25) is 47.3 Å². The lowest BCUT2D eigenvalue weighted by molar-refractivity contribution is -0.142. The van der Waals surface area contributed by atoms with Crippen molar-refractivity contribution in [2.24, 2.45) is 34.4 Å². The number of hydrogen-bond acceptors (Lipinski definition) is 16. The number of hydrogen-bond donors (Lipinski definition) is 17. The average Bonchev–Trinajstić information content (AvgIpc) is 3.87. The fraction of sp³-hybridized carbons (Fsp3) is 0.609. The number of nitrogens with one attached hydrogen (secondary N) is 9. The van der Waals surface area contributed by atoms with Gasteiger partial charge in [-0.1, -0.05) is 42.3 Å². The highest BCUT2D eigenvalue weighted by Crippen LogP contribution is 2.22. The van der Waals surface area contributed by atoms with Gasteiger partial charge in [0.1, 0.15) is 41.9 Å². The summed E-state index contributed by atoms with van der Waals surface area (Å²) < 4.78 is 0. The minimum absolute atomic E-state index is 0.0364. The van der Waals surface area contributed by atoms with Gasteiger partial charge in [-0.05, 0) is 102 Å². The molecular weight excluding hydrogens is 988 g/mol. The molecule has 23 N–H and O–H groups in total. The maximum absolute atomic E-state index is 14.2. The van der Waals surface area contributed by atoms with E-state index in [4.69, 9.17) is 51.4 Å². The van der Waals surface area contributed by atoms with E-state index in [0.717, 1.165) is 0 Å². The lowest BCUT2D eigenvalue weighted by Gasteiger charge is -2.30. The van der Waals surface area contributed by atoms with Crippen LogP contribution in [0.1, 0.15) is 83.1 Å². The number of aliphatic hydroxyl groups is 1. The Labute approximate surface area is 435 Å². The first kappa shape index (κ1) is 63.6. The lowest BCUT2D eigenvalue weighted by atomic mass is 10.0. The average molecular weight is 1070 g/mol. The third-order valence-corrected chi connectivity index (χ3v) is 12.1. The molecule has 1 aromatic carbocycles. The zero-order chi connectivity index (χ0) is 55.3. The van der Waals surface area contributed by atoms with Crippen LogP contribution < -0.4 is 76.9 Å². The molecule has 0 radical (unpaired) electrons. The highest BCUT2D eigenvalue weighted by Gasteiger charge is 2.40. The van der Waals surface area contributed by atoms with Gasteiger partial charge in [-0.15, -0.1) is 0 Å². The Hall–Kier alpha value is -6.49. The summed E-state index contributed by atoms with van der Waals surface area (Å²) in [6.07, 6.45) is 2.70. The number of nitrogens with two attached hydrogens (primary N) is 6. The molecule has 1 fully saturated rings. The molecule has 1 unspecified atom stereocenters. The first-order chi connectivity index (χ1) is 35.2. The molecule has 8 atom stereocenters. The summed E-state index contributed by atoms with van der Waals surface area (Å²) in [7, 11) is 0. The van der Waals surface area contributed by atoms with Gasteiger partial charge in [0.15, 0.2) is 5.96 Å². The molecule has 1 aliphatic rings. The number of aliphatic hydroxyl groups excluding tert-OH is 1. The summed E-state index contributed by atoms with van der Waals surface area (Å²) in [5.74, 6) is -8.20. The smallest absolute Gasteiger partial charge is 0.352 e. The van der Waals surface area contributed by atoms with Crippen LogP contribution >= 0.6 is 11.6 Å². The molecule has 74 heavy (non-hydrogen) atoms. The maximum Gasteiger partial charge on any atom is 0.352 e. The topological polar surface area (TPSA) is 474 Å². The van der Waals surface area contributed by atoms with Gasteiger partial charge in [-0.2, -0.15) is 0 Å². The Morgan fingerprint density at radius 3 is 2.05 bits per heavy atom. The van der Waals surface area contributed by atoms with E-state index in [9.17, 15) is 53.4 Å². The van der Waals surface area contributed by atoms with Crippen molar-refractivity contribution in [1.29, 1.82) is 5.41 Å².